The van der Waals surface area contributed by atoms with E-state index in [2.05, 4.69) is 5.32 Å². The van der Waals surface area contributed by atoms with Crippen molar-refractivity contribution in [3.05, 3.63) is 84.3 Å². The number of furan rings is 1. The number of ether oxygens (including phenoxy) is 1. The molecule has 1 aromatic heterocycles. The van der Waals surface area contributed by atoms with E-state index in [1.165, 1.54) is 11.2 Å². The minimum atomic E-state index is -0.380. The van der Waals surface area contributed by atoms with Crippen LogP contribution in [0.15, 0.2) is 77.4 Å². The first kappa shape index (κ1) is 18.3. The maximum Gasteiger partial charge on any atom is 0.290 e. The van der Waals surface area contributed by atoms with E-state index in [9.17, 15) is 9.59 Å². The van der Waals surface area contributed by atoms with Gasteiger partial charge < -0.3 is 19.4 Å². The second-order valence-electron chi connectivity index (χ2n) is 5.95. The molecule has 6 nitrogen and oxygen atoms in total. The minimum absolute atomic E-state index is 0.0899. The molecule has 0 spiro atoms. The van der Waals surface area contributed by atoms with Crippen molar-refractivity contribution < 1.29 is 18.7 Å². The van der Waals surface area contributed by atoms with Crippen LogP contribution in [0, 0.1) is 0 Å². The van der Waals surface area contributed by atoms with Gasteiger partial charge in [-0.05, 0) is 30.3 Å². The Morgan fingerprint density at radius 1 is 1.00 bits per heavy atom. The summed E-state index contributed by atoms with van der Waals surface area (Å²) in [5, 5.41) is 2.75. The maximum atomic E-state index is 12.6. The standard InChI is InChI=1S/C21H20N2O4/c1-23(14-19(24)22-17-8-4-2-5-9-17)21(25)20-16(12-13-26-20)15-27-18-10-6-3-7-11-18/h2-13H,14-15H2,1H3,(H,22,24). The molecule has 1 heterocycles. The van der Waals surface area contributed by atoms with Gasteiger partial charge in [0.1, 0.15) is 12.4 Å². The van der Waals surface area contributed by atoms with Crippen molar-refractivity contribution in [1.82, 2.24) is 4.90 Å². The van der Waals surface area contributed by atoms with E-state index in [-0.39, 0.29) is 30.7 Å². The number of anilines is 1. The Hall–Kier alpha value is -3.54. The van der Waals surface area contributed by atoms with E-state index in [1.807, 2.05) is 48.5 Å². The van der Waals surface area contributed by atoms with Crippen LogP contribution in [0.1, 0.15) is 16.1 Å². The summed E-state index contributed by atoms with van der Waals surface area (Å²) in [5.41, 5.74) is 1.30. The number of carbonyl (C=O) groups is 2. The smallest absolute Gasteiger partial charge is 0.290 e. The highest BCUT2D eigenvalue weighted by molar-refractivity contribution is 5.98. The van der Waals surface area contributed by atoms with Gasteiger partial charge in [0.2, 0.25) is 5.91 Å². The molecule has 27 heavy (non-hydrogen) atoms. The Kier molecular flexibility index (Phi) is 5.89. The Labute approximate surface area is 157 Å². The van der Waals surface area contributed by atoms with Crippen molar-refractivity contribution in [2.45, 2.75) is 6.61 Å². The number of hydrogen-bond donors (Lipinski definition) is 1. The predicted molar refractivity (Wildman–Crippen MR) is 102 cm³/mol. The second-order valence-corrected chi connectivity index (χ2v) is 5.95. The van der Waals surface area contributed by atoms with E-state index in [1.54, 1.807) is 25.2 Å². The molecule has 0 fully saturated rings. The minimum Gasteiger partial charge on any atom is -0.489 e. The van der Waals surface area contributed by atoms with Crippen LogP contribution >= 0.6 is 0 Å². The molecule has 0 unspecified atom stereocenters. The van der Waals surface area contributed by atoms with Gasteiger partial charge in [-0.25, -0.2) is 0 Å². The number of para-hydroxylation sites is 2. The average Bonchev–Trinajstić information content (AvgIpc) is 3.15. The molecule has 2 aromatic carbocycles. The lowest BCUT2D eigenvalue weighted by Crippen LogP contribution is -2.35. The zero-order chi connectivity index (χ0) is 19.1. The molecule has 138 valence electrons. The van der Waals surface area contributed by atoms with Crippen LogP contribution in [0.4, 0.5) is 5.69 Å². The third-order valence-electron chi connectivity index (χ3n) is 3.86. The van der Waals surface area contributed by atoms with E-state index < -0.39 is 0 Å². The summed E-state index contributed by atoms with van der Waals surface area (Å²) in [6.07, 6.45) is 1.44. The number of rotatable bonds is 7. The quantitative estimate of drug-likeness (QED) is 0.696. The van der Waals surface area contributed by atoms with Crippen molar-refractivity contribution in [2.75, 3.05) is 18.9 Å². The summed E-state index contributed by atoms with van der Waals surface area (Å²) in [6, 6.07) is 20.1. The number of amides is 2. The third kappa shape index (κ3) is 4.98. The summed E-state index contributed by atoms with van der Waals surface area (Å²) in [7, 11) is 1.55. The van der Waals surface area contributed by atoms with Gasteiger partial charge in [0.25, 0.3) is 5.91 Å². The van der Waals surface area contributed by atoms with E-state index in [0.717, 1.165) is 0 Å². The first-order valence-corrected chi connectivity index (χ1v) is 8.48. The highest BCUT2D eigenvalue weighted by Gasteiger charge is 2.21. The number of hydrogen-bond acceptors (Lipinski definition) is 4. The lowest BCUT2D eigenvalue weighted by molar-refractivity contribution is -0.116. The van der Waals surface area contributed by atoms with Gasteiger partial charge >= 0.3 is 0 Å². The zero-order valence-corrected chi connectivity index (χ0v) is 14.9. The van der Waals surface area contributed by atoms with Crippen molar-refractivity contribution >= 4 is 17.5 Å². The molecule has 1 N–H and O–H groups in total. The molecule has 0 bridgehead atoms. The summed E-state index contributed by atoms with van der Waals surface area (Å²) in [6.45, 7) is 0.110. The largest absolute Gasteiger partial charge is 0.489 e. The average molecular weight is 364 g/mol. The highest BCUT2D eigenvalue weighted by Crippen LogP contribution is 2.17. The fraction of sp³-hybridized carbons (Fsp3) is 0.143. The zero-order valence-electron chi connectivity index (χ0n) is 14.9. The monoisotopic (exact) mass is 364 g/mol. The van der Waals surface area contributed by atoms with Crippen LogP contribution in [0.25, 0.3) is 0 Å². The Morgan fingerprint density at radius 3 is 2.37 bits per heavy atom. The number of benzene rings is 2. The molecule has 3 aromatic rings. The van der Waals surface area contributed by atoms with Gasteiger partial charge in [-0.3, -0.25) is 9.59 Å². The third-order valence-corrected chi connectivity index (χ3v) is 3.86. The van der Waals surface area contributed by atoms with Crippen LogP contribution < -0.4 is 10.1 Å². The Bertz CT molecular complexity index is 891. The summed E-state index contributed by atoms with van der Waals surface area (Å²) in [4.78, 5) is 26.1. The molecule has 2 amide bonds. The molecular weight excluding hydrogens is 344 g/mol. The summed E-state index contributed by atoms with van der Waals surface area (Å²) < 4.78 is 11.0. The summed E-state index contributed by atoms with van der Waals surface area (Å²) in [5.74, 6) is 0.203. The van der Waals surface area contributed by atoms with Crippen LogP contribution in [0.2, 0.25) is 0 Å². The number of carbonyl (C=O) groups excluding carboxylic acids is 2. The van der Waals surface area contributed by atoms with Crippen molar-refractivity contribution in [1.29, 1.82) is 0 Å². The first-order valence-electron chi connectivity index (χ1n) is 8.48. The molecule has 0 radical (unpaired) electrons. The number of likely N-dealkylation sites (N-methyl/N-ethyl adjacent to an activating group) is 1. The van der Waals surface area contributed by atoms with Crippen LogP contribution in [-0.2, 0) is 11.4 Å². The molecule has 0 aliphatic heterocycles. The van der Waals surface area contributed by atoms with Gasteiger partial charge in [-0.15, -0.1) is 0 Å². The molecule has 0 saturated heterocycles. The Morgan fingerprint density at radius 2 is 1.67 bits per heavy atom. The van der Waals surface area contributed by atoms with Crippen LogP contribution in [0.3, 0.4) is 0 Å². The van der Waals surface area contributed by atoms with E-state index in [4.69, 9.17) is 9.15 Å². The normalized spacial score (nSPS) is 10.3. The molecule has 0 aliphatic carbocycles. The van der Waals surface area contributed by atoms with Gasteiger partial charge in [0, 0.05) is 18.3 Å². The molecule has 0 atom stereocenters. The van der Waals surface area contributed by atoms with Crippen molar-refractivity contribution in [3.8, 4) is 5.75 Å². The topological polar surface area (TPSA) is 71.8 Å². The van der Waals surface area contributed by atoms with Crippen molar-refractivity contribution in [3.63, 3.8) is 0 Å². The fourth-order valence-corrected chi connectivity index (χ4v) is 2.50. The highest BCUT2D eigenvalue weighted by atomic mass is 16.5. The number of nitrogens with zero attached hydrogens (tertiary/aromatic N) is 1. The molecule has 6 heteroatoms. The SMILES string of the molecule is CN(CC(=O)Nc1ccccc1)C(=O)c1occc1COc1ccccc1. The maximum absolute atomic E-state index is 12.6. The number of nitrogens with one attached hydrogen (secondary N) is 1. The van der Waals surface area contributed by atoms with Gasteiger partial charge in [-0.1, -0.05) is 36.4 Å². The molecule has 0 aliphatic rings. The lowest BCUT2D eigenvalue weighted by Gasteiger charge is -2.16. The fourth-order valence-electron chi connectivity index (χ4n) is 2.50. The first-order chi connectivity index (χ1) is 13.1. The molecule has 0 saturated carbocycles. The van der Waals surface area contributed by atoms with Gasteiger partial charge in [0.05, 0.1) is 12.8 Å². The lowest BCUT2D eigenvalue weighted by atomic mass is 10.2. The van der Waals surface area contributed by atoms with Gasteiger partial charge in [-0.2, -0.15) is 0 Å². The van der Waals surface area contributed by atoms with E-state index >= 15 is 0 Å². The van der Waals surface area contributed by atoms with Crippen LogP contribution in [0.5, 0.6) is 5.75 Å². The van der Waals surface area contributed by atoms with Crippen molar-refractivity contribution in [2.24, 2.45) is 0 Å². The Balaban J connectivity index is 1.58. The predicted octanol–water partition coefficient (Wildman–Crippen LogP) is 3.57. The summed E-state index contributed by atoms with van der Waals surface area (Å²) >= 11 is 0. The van der Waals surface area contributed by atoms with Gasteiger partial charge in [0.15, 0.2) is 5.76 Å². The van der Waals surface area contributed by atoms with E-state index in [0.29, 0.717) is 17.0 Å². The second kappa shape index (κ2) is 8.71. The molecular formula is C21H20N2O4. The molecule has 3 rings (SSSR count). The van der Waals surface area contributed by atoms with Crippen LogP contribution in [-0.4, -0.2) is 30.3 Å².